The molecule has 1 atom stereocenters. The molecule has 2 aliphatic heterocycles. The summed E-state index contributed by atoms with van der Waals surface area (Å²) in [5, 5.41) is 2.79. The summed E-state index contributed by atoms with van der Waals surface area (Å²) in [6.45, 7) is 2.10. The maximum Gasteiger partial charge on any atom is 0.325 e. The molecule has 1 saturated heterocycles. The van der Waals surface area contributed by atoms with Crippen LogP contribution in [0.25, 0.3) is 0 Å². The van der Waals surface area contributed by atoms with E-state index in [1.807, 2.05) is 54.6 Å². The number of para-hydroxylation sites is 1. The molecule has 0 radical (unpaired) electrons. The highest BCUT2D eigenvalue weighted by Crippen LogP contribution is 2.28. The second-order valence-corrected chi connectivity index (χ2v) is 7.92. The second-order valence-electron chi connectivity index (χ2n) is 7.92. The smallest absolute Gasteiger partial charge is 0.323 e. The molecule has 0 aliphatic carbocycles. The van der Waals surface area contributed by atoms with E-state index in [1.165, 1.54) is 0 Å². The van der Waals surface area contributed by atoms with Gasteiger partial charge in [-0.1, -0.05) is 48.5 Å². The van der Waals surface area contributed by atoms with Gasteiger partial charge >= 0.3 is 6.03 Å². The van der Waals surface area contributed by atoms with E-state index in [2.05, 4.69) is 5.32 Å². The number of carbonyl (C=O) groups excluding carboxylic acids is 3. The number of nitrogens with zero attached hydrogens (tertiary/aromatic N) is 2. The average molecular weight is 391 g/mol. The topological polar surface area (TPSA) is 69.7 Å². The Labute approximate surface area is 170 Å². The number of carbonyl (C=O) groups is 3. The predicted molar refractivity (Wildman–Crippen MR) is 111 cm³/mol. The molecule has 2 aromatic rings. The summed E-state index contributed by atoms with van der Waals surface area (Å²) in [7, 11) is 0. The number of amides is 4. The number of imide groups is 1. The van der Waals surface area contributed by atoms with Crippen LogP contribution in [0, 0.1) is 0 Å². The fraction of sp³-hybridized carbons (Fsp3) is 0.348. The Bertz CT molecular complexity index is 943. The predicted octanol–water partition coefficient (Wildman–Crippen LogP) is 2.91. The normalized spacial score (nSPS) is 21.1. The zero-order chi connectivity index (χ0) is 20.4. The van der Waals surface area contributed by atoms with Crippen molar-refractivity contribution in [3.8, 4) is 0 Å². The number of anilines is 1. The van der Waals surface area contributed by atoms with Crippen LogP contribution in [0.3, 0.4) is 0 Å². The van der Waals surface area contributed by atoms with Crippen molar-refractivity contribution < 1.29 is 14.4 Å². The van der Waals surface area contributed by atoms with E-state index in [0.29, 0.717) is 19.4 Å². The van der Waals surface area contributed by atoms with Gasteiger partial charge in [0, 0.05) is 12.2 Å². The van der Waals surface area contributed by atoms with Crippen LogP contribution in [0.15, 0.2) is 54.6 Å². The molecule has 6 nitrogen and oxygen atoms in total. The van der Waals surface area contributed by atoms with Gasteiger partial charge in [0.05, 0.1) is 0 Å². The molecule has 4 rings (SSSR count). The molecule has 0 bridgehead atoms. The highest BCUT2D eigenvalue weighted by molar-refractivity contribution is 6.10. The first-order chi connectivity index (χ1) is 14.0. The molecule has 4 amide bonds. The lowest BCUT2D eigenvalue weighted by molar-refractivity contribution is -0.134. The molecular formula is C23H25N3O3. The van der Waals surface area contributed by atoms with Gasteiger partial charge in [0.15, 0.2) is 0 Å². The maximum atomic E-state index is 13.0. The average Bonchev–Trinajstić information content (AvgIpc) is 2.96. The number of benzene rings is 2. The first-order valence-electron chi connectivity index (χ1n) is 10.0. The molecule has 0 saturated carbocycles. The molecular weight excluding hydrogens is 366 g/mol. The number of fused-ring (bicyclic) bond motifs is 1. The molecule has 29 heavy (non-hydrogen) atoms. The number of hydrogen-bond donors (Lipinski definition) is 1. The van der Waals surface area contributed by atoms with E-state index >= 15 is 0 Å². The third-order valence-electron chi connectivity index (χ3n) is 5.81. The number of aryl methyl sites for hydroxylation is 2. The first kappa shape index (κ1) is 19.2. The molecule has 0 spiro atoms. The van der Waals surface area contributed by atoms with Crippen molar-refractivity contribution in [2.75, 3.05) is 18.0 Å². The summed E-state index contributed by atoms with van der Waals surface area (Å²) in [4.78, 5) is 41.2. The fourth-order valence-electron chi connectivity index (χ4n) is 4.11. The van der Waals surface area contributed by atoms with Crippen LogP contribution < -0.4 is 10.2 Å². The number of nitrogens with one attached hydrogen (secondary N) is 1. The van der Waals surface area contributed by atoms with Gasteiger partial charge in [-0.15, -0.1) is 0 Å². The zero-order valence-corrected chi connectivity index (χ0v) is 16.6. The molecule has 2 aliphatic rings. The Morgan fingerprint density at radius 2 is 1.79 bits per heavy atom. The van der Waals surface area contributed by atoms with Crippen molar-refractivity contribution in [1.82, 2.24) is 10.2 Å². The Morgan fingerprint density at radius 1 is 1.07 bits per heavy atom. The van der Waals surface area contributed by atoms with Crippen LogP contribution in [0.4, 0.5) is 10.5 Å². The van der Waals surface area contributed by atoms with Crippen molar-refractivity contribution in [2.45, 2.75) is 38.1 Å². The van der Waals surface area contributed by atoms with Gasteiger partial charge in [0.1, 0.15) is 12.1 Å². The SMILES string of the molecule is C[C@@]1(CCc2ccccc2)NC(=O)N(CC(=O)N2CCCc3ccccc32)C1=O. The quantitative estimate of drug-likeness (QED) is 0.797. The lowest BCUT2D eigenvalue weighted by atomic mass is 9.93. The minimum Gasteiger partial charge on any atom is -0.323 e. The van der Waals surface area contributed by atoms with Crippen molar-refractivity contribution in [3.63, 3.8) is 0 Å². The van der Waals surface area contributed by atoms with E-state index in [0.717, 1.165) is 34.6 Å². The fourth-order valence-corrected chi connectivity index (χ4v) is 4.11. The van der Waals surface area contributed by atoms with E-state index in [1.54, 1.807) is 11.8 Å². The van der Waals surface area contributed by atoms with Crippen molar-refractivity contribution in [2.24, 2.45) is 0 Å². The molecule has 2 heterocycles. The van der Waals surface area contributed by atoms with E-state index in [-0.39, 0.29) is 18.4 Å². The molecule has 150 valence electrons. The van der Waals surface area contributed by atoms with Gasteiger partial charge in [-0.25, -0.2) is 4.79 Å². The van der Waals surface area contributed by atoms with Crippen LogP contribution >= 0.6 is 0 Å². The summed E-state index contributed by atoms with van der Waals surface area (Å²) >= 11 is 0. The number of urea groups is 1. The minimum atomic E-state index is -0.993. The summed E-state index contributed by atoms with van der Waals surface area (Å²) in [5.74, 6) is -0.565. The molecule has 0 aromatic heterocycles. The molecule has 0 unspecified atom stereocenters. The monoisotopic (exact) mass is 391 g/mol. The van der Waals surface area contributed by atoms with E-state index in [4.69, 9.17) is 0 Å². The Balaban J connectivity index is 1.45. The van der Waals surface area contributed by atoms with Gasteiger partial charge in [0.2, 0.25) is 5.91 Å². The van der Waals surface area contributed by atoms with Crippen LogP contribution in [-0.2, 0) is 22.4 Å². The maximum absolute atomic E-state index is 13.0. The second kappa shape index (κ2) is 7.70. The standard InChI is InChI=1S/C23H25N3O3/c1-23(14-13-17-8-3-2-4-9-17)21(28)26(22(29)24-23)16-20(27)25-15-7-11-18-10-5-6-12-19(18)25/h2-6,8-10,12H,7,11,13-16H2,1H3,(H,24,29)/t23-/m0/s1. The Hall–Kier alpha value is -3.15. The number of hydrogen-bond acceptors (Lipinski definition) is 3. The van der Waals surface area contributed by atoms with Crippen molar-refractivity contribution >= 4 is 23.5 Å². The van der Waals surface area contributed by atoms with Gasteiger partial charge < -0.3 is 10.2 Å². The molecule has 6 heteroatoms. The van der Waals surface area contributed by atoms with Gasteiger partial charge in [-0.3, -0.25) is 14.5 Å². The van der Waals surface area contributed by atoms with Crippen LogP contribution in [-0.4, -0.2) is 41.4 Å². The molecule has 2 aromatic carbocycles. The third-order valence-corrected chi connectivity index (χ3v) is 5.81. The summed E-state index contributed by atoms with van der Waals surface area (Å²) in [5.41, 5.74) is 2.11. The lowest BCUT2D eigenvalue weighted by Crippen LogP contribution is -2.47. The molecule has 1 N–H and O–H groups in total. The van der Waals surface area contributed by atoms with Crippen LogP contribution in [0.2, 0.25) is 0 Å². The van der Waals surface area contributed by atoms with E-state index in [9.17, 15) is 14.4 Å². The van der Waals surface area contributed by atoms with Crippen molar-refractivity contribution in [3.05, 3.63) is 65.7 Å². The van der Waals surface area contributed by atoms with Crippen LogP contribution in [0.5, 0.6) is 0 Å². The summed E-state index contributed by atoms with van der Waals surface area (Å²) < 4.78 is 0. The highest BCUT2D eigenvalue weighted by Gasteiger charge is 2.48. The Kier molecular flexibility index (Phi) is 5.09. The number of rotatable bonds is 5. The van der Waals surface area contributed by atoms with Gasteiger partial charge in [0.25, 0.3) is 5.91 Å². The van der Waals surface area contributed by atoms with Crippen LogP contribution in [0.1, 0.15) is 30.9 Å². The third kappa shape index (κ3) is 3.75. The largest absolute Gasteiger partial charge is 0.325 e. The van der Waals surface area contributed by atoms with E-state index < -0.39 is 11.6 Å². The van der Waals surface area contributed by atoms with Crippen molar-refractivity contribution in [1.29, 1.82) is 0 Å². The highest BCUT2D eigenvalue weighted by atomic mass is 16.2. The zero-order valence-electron chi connectivity index (χ0n) is 16.6. The lowest BCUT2D eigenvalue weighted by Gasteiger charge is -2.30. The first-order valence-corrected chi connectivity index (χ1v) is 10.0. The van der Waals surface area contributed by atoms with Gasteiger partial charge in [-0.2, -0.15) is 0 Å². The Morgan fingerprint density at radius 3 is 2.59 bits per heavy atom. The summed E-state index contributed by atoms with van der Waals surface area (Å²) in [6.07, 6.45) is 2.96. The molecule has 1 fully saturated rings. The summed E-state index contributed by atoms with van der Waals surface area (Å²) in [6, 6.07) is 17.2. The minimum absolute atomic E-state index is 0.229. The van der Waals surface area contributed by atoms with Gasteiger partial charge in [-0.05, 0) is 49.8 Å².